The van der Waals surface area contributed by atoms with Crippen molar-refractivity contribution in [3.05, 3.63) is 46.1 Å². The minimum Gasteiger partial charge on any atom is -0.233 e. The van der Waals surface area contributed by atoms with Gasteiger partial charge in [-0.2, -0.15) is 13.2 Å². The smallest absolute Gasteiger partial charge is 0.233 e. The van der Waals surface area contributed by atoms with Crippen molar-refractivity contribution in [3.63, 3.8) is 0 Å². The molecular formula is C13H9ClF4N2. The van der Waals surface area contributed by atoms with Crippen LogP contribution in [0.25, 0.3) is 11.3 Å². The van der Waals surface area contributed by atoms with Gasteiger partial charge >= 0.3 is 6.18 Å². The summed E-state index contributed by atoms with van der Waals surface area (Å²) in [6.07, 6.45) is -4.73. The van der Waals surface area contributed by atoms with Crippen molar-refractivity contribution in [3.8, 4) is 11.3 Å². The standard InChI is InChI=1S/C13H9ClF4N2/c1-6-11(19-7(2)20-12(6)14)8-3-4-9(10(15)5-8)13(16,17)18/h3-5H,1-2H3. The molecule has 2 nitrogen and oxygen atoms in total. The van der Waals surface area contributed by atoms with Crippen LogP contribution in [0.5, 0.6) is 0 Å². The zero-order valence-corrected chi connectivity index (χ0v) is 11.3. The fourth-order valence-corrected chi connectivity index (χ4v) is 1.98. The number of hydrogen-bond donors (Lipinski definition) is 0. The van der Waals surface area contributed by atoms with Gasteiger partial charge in [-0.1, -0.05) is 17.7 Å². The van der Waals surface area contributed by atoms with E-state index in [9.17, 15) is 17.6 Å². The molecule has 1 aromatic heterocycles. The van der Waals surface area contributed by atoms with E-state index in [4.69, 9.17) is 11.6 Å². The molecule has 0 N–H and O–H groups in total. The Hall–Kier alpha value is -1.69. The van der Waals surface area contributed by atoms with Crippen LogP contribution >= 0.6 is 11.6 Å². The minimum atomic E-state index is -4.73. The minimum absolute atomic E-state index is 0.188. The molecule has 2 aromatic rings. The summed E-state index contributed by atoms with van der Waals surface area (Å²) in [5.74, 6) is -0.988. The van der Waals surface area contributed by atoms with Crippen molar-refractivity contribution < 1.29 is 17.6 Å². The van der Waals surface area contributed by atoms with Crippen molar-refractivity contribution >= 4 is 11.6 Å². The van der Waals surface area contributed by atoms with Gasteiger partial charge in [-0.05, 0) is 26.0 Å². The summed E-state index contributed by atoms with van der Waals surface area (Å²) in [6.45, 7) is 3.21. The Kier molecular flexibility index (Phi) is 3.69. The van der Waals surface area contributed by atoms with Crippen LogP contribution in [0.2, 0.25) is 5.15 Å². The summed E-state index contributed by atoms with van der Waals surface area (Å²) in [6, 6.07) is 2.65. The summed E-state index contributed by atoms with van der Waals surface area (Å²) < 4.78 is 51.1. The first-order valence-electron chi connectivity index (χ1n) is 5.58. The molecule has 2 rings (SSSR count). The third-order valence-electron chi connectivity index (χ3n) is 2.75. The van der Waals surface area contributed by atoms with Gasteiger partial charge in [0.2, 0.25) is 0 Å². The maximum Gasteiger partial charge on any atom is 0.419 e. The molecule has 0 aliphatic heterocycles. The zero-order valence-electron chi connectivity index (χ0n) is 10.5. The normalized spacial score (nSPS) is 11.8. The van der Waals surface area contributed by atoms with Gasteiger partial charge in [-0.3, -0.25) is 0 Å². The summed E-state index contributed by atoms with van der Waals surface area (Å²) in [5.41, 5.74) is -0.289. The Morgan fingerprint density at radius 3 is 2.30 bits per heavy atom. The number of nitrogens with zero attached hydrogens (tertiary/aromatic N) is 2. The lowest BCUT2D eigenvalue weighted by Crippen LogP contribution is -2.08. The molecule has 20 heavy (non-hydrogen) atoms. The number of halogens is 5. The SMILES string of the molecule is Cc1nc(Cl)c(C)c(-c2ccc(C(F)(F)F)c(F)c2)n1. The van der Waals surface area contributed by atoms with Crippen LogP contribution in [0.15, 0.2) is 18.2 Å². The van der Waals surface area contributed by atoms with E-state index in [-0.39, 0.29) is 10.7 Å². The molecule has 1 heterocycles. The summed E-state index contributed by atoms with van der Waals surface area (Å²) >= 11 is 5.89. The highest BCUT2D eigenvalue weighted by Crippen LogP contribution is 2.34. The molecule has 0 saturated heterocycles. The Bertz CT molecular complexity index is 668. The van der Waals surface area contributed by atoms with Crippen LogP contribution < -0.4 is 0 Å². The highest BCUT2D eigenvalue weighted by Gasteiger charge is 2.34. The largest absolute Gasteiger partial charge is 0.419 e. The zero-order chi connectivity index (χ0) is 15.1. The van der Waals surface area contributed by atoms with Crippen molar-refractivity contribution in [2.45, 2.75) is 20.0 Å². The van der Waals surface area contributed by atoms with Crippen molar-refractivity contribution in [1.82, 2.24) is 9.97 Å². The second kappa shape index (κ2) is 5.01. The van der Waals surface area contributed by atoms with Gasteiger partial charge in [0.05, 0.1) is 11.3 Å². The van der Waals surface area contributed by atoms with Crippen LogP contribution in [0.3, 0.4) is 0 Å². The highest BCUT2D eigenvalue weighted by molar-refractivity contribution is 6.30. The van der Waals surface area contributed by atoms with E-state index in [1.165, 1.54) is 0 Å². The number of hydrogen-bond acceptors (Lipinski definition) is 2. The van der Waals surface area contributed by atoms with Gasteiger partial charge in [0.25, 0.3) is 0 Å². The number of benzene rings is 1. The van der Waals surface area contributed by atoms with Crippen LogP contribution in [0.1, 0.15) is 17.0 Å². The van der Waals surface area contributed by atoms with E-state index in [2.05, 4.69) is 9.97 Å². The van der Waals surface area contributed by atoms with E-state index in [1.54, 1.807) is 13.8 Å². The lowest BCUT2D eigenvalue weighted by molar-refractivity contribution is -0.139. The first-order valence-corrected chi connectivity index (χ1v) is 5.96. The Morgan fingerprint density at radius 1 is 1.10 bits per heavy atom. The topological polar surface area (TPSA) is 25.8 Å². The van der Waals surface area contributed by atoms with Crippen LogP contribution in [-0.4, -0.2) is 9.97 Å². The molecular weight excluding hydrogens is 296 g/mol. The number of aromatic nitrogens is 2. The Labute approximate surface area is 117 Å². The van der Waals surface area contributed by atoms with Crippen LogP contribution in [-0.2, 0) is 6.18 Å². The molecule has 0 radical (unpaired) electrons. The first-order chi connectivity index (χ1) is 9.20. The molecule has 0 bridgehead atoms. The fourth-order valence-electron chi connectivity index (χ4n) is 1.77. The van der Waals surface area contributed by atoms with E-state index in [0.717, 1.165) is 12.1 Å². The molecule has 0 spiro atoms. The van der Waals surface area contributed by atoms with Gasteiger partial charge in [0.15, 0.2) is 0 Å². The molecule has 0 aliphatic carbocycles. The summed E-state index contributed by atoms with van der Waals surface area (Å²) in [4.78, 5) is 8.01. The third kappa shape index (κ3) is 2.75. The molecule has 0 saturated carbocycles. The molecule has 1 aromatic carbocycles. The predicted octanol–water partition coefficient (Wildman–Crippen LogP) is 4.57. The van der Waals surface area contributed by atoms with E-state index >= 15 is 0 Å². The second-order valence-electron chi connectivity index (χ2n) is 4.23. The summed E-state index contributed by atoms with van der Waals surface area (Å²) in [5, 5.41) is 0.188. The monoisotopic (exact) mass is 304 g/mol. The van der Waals surface area contributed by atoms with Gasteiger partial charge in [-0.15, -0.1) is 0 Å². The van der Waals surface area contributed by atoms with Crippen LogP contribution in [0, 0.1) is 19.7 Å². The van der Waals surface area contributed by atoms with Crippen molar-refractivity contribution in [2.24, 2.45) is 0 Å². The molecule has 0 unspecified atom stereocenters. The lowest BCUT2D eigenvalue weighted by Gasteiger charge is -2.11. The molecule has 0 aliphatic rings. The molecule has 0 atom stereocenters. The van der Waals surface area contributed by atoms with E-state index in [1.807, 2.05) is 0 Å². The molecule has 106 valence electrons. The lowest BCUT2D eigenvalue weighted by atomic mass is 10.0. The van der Waals surface area contributed by atoms with Crippen LogP contribution in [0.4, 0.5) is 17.6 Å². The molecule has 0 amide bonds. The van der Waals surface area contributed by atoms with Crippen molar-refractivity contribution in [2.75, 3.05) is 0 Å². The second-order valence-corrected chi connectivity index (χ2v) is 4.59. The third-order valence-corrected chi connectivity index (χ3v) is 3.11. The van der Waals surface area contributed by atoms with E-state index < -0.39 is 17.6 Å². The first kappa shape index (κ1) is 14.7. The average Bonchev–Trinajstić information content (AvgIpc) is 2.32. The average molecular weight is 305 g/mol. The number of alkyl halides is 3. The van der Waals surface area contributed by atoms with E-state index in [0.29, 0.717) is 23.1 Å². The summed E-state index contributed by atoms with van der Waals surface area (Å²) in [7, 11) is 0. The fraction of sp³-hybridized carbons (Fsp3) is 0.231. The molecule has 7 heteroatoms. The van der Waals surface area contributed by atoms with Gasteiger partial charge in [0.1, 0.15) is 16.8 Å². The Morgan fingerprint density at radius 2 is 1.75 bits per heavy atom. The maximum absolute atomic E-state index is 13.6. The highest BCUT2D eigenvalue weighted by atomic mass is 35.5. The van der Waals surface area contributed by atoms with Gasteiger partial charge < -0.3 is 0 Å². The number of rotatable bonds is 1. The Balaban J connectivity index is 2.58. The quantitative estimate of drug-likeness (QED) is 0.569. The maximum atomic E-state index is 13.6. The van der Waals surface area contributed by atoms with Gasteiger partial charge in [-0.25, -0.2) is 14.4 Å². The van der Waals surface area contributed by atoms with Crippen molar-refractivity contribution in [1.29, 1.82) is 0 Å². The number of aryl methyl sites for hydroxylation is 1. The predicted molar refractivity (Wildman–Crippen MR) is 66.9 cm³/mol. The molecule has 0 fully saturated rings. The van der Waals surface area contributed by atoms with Gasteiger partial charge in [0, 0.05) is 11.1 Å².